The molecule has 0 saturated carbocycles. The minimum Gasteiger partial charge on any atom is -0.508 e. The molecule has 4 amide bonds. The molecule has 0 saturated heterocycles. The van der Waals surface area contributed by atoms with Gasteiger partial charge >= 0.3 is 5.97 Å². The van der Waals surface area contributed by atoms with Crippen molar-refractivity contribution in [2.75, 3.05) is 12.3 Å². The Bertz CT molecular complexity index is 834. The number of aromatic hydroxyl groups is 1. The Morgan fingerprint density at radius 2 is 1.50 bits per heavy atom. The summed E-state index contributed by atoms with van der Waals surface area (Å²) < 4.78 is 0. The van der Waals surface area contributed by atoms with E-state index in [2.05, 4.69) is 28.6 Å². The summed E-state index contributed by atoms with van der Waals surface area (Å²) in [7, 11) is 0. The van der Waals surface area contributed by atoms with Crippen molar-refractivity contribution in [1.82, 2.24) is 16.0 Å². The van der Waals surface area contributed by atoms with Crippen molar-refractivity contribution in [2.24, 2.45) is 11.5 Å². The monoisotopic (exact) mass is 469 g/mol. The van der Waals surface area contributed by atoms with Crippen LogP contribution in [0, 0.1) is 0 Å². The smallest absolute Gasteiger partial charge is 0.326 e. The molecular weight excluding hydrogens is 442 g/mol. The van der Waals surface area contributed by atoms with E-state index in [1.807, 2.05) is 0 Å². The van der Waals surface area contributed by atoms with Crippen LogP contribution in [0.3, 0.4) is 0 Å². The van der Waals surface area contributed by atoms with Crippen molar-refractivity contribution in [1.29, 1.82) is 0 Å². The van der Waals surface area contributed by atoms with Crippen LogP contribution in [0.4, 0.5) is 0 Å². The van der Waals surface area contributed by atoms with Crippen LogP contribution < -0.4 is 27.4 Å². The fourth-order valence-corrected chi connectivity index (χ4v) is 2.87. The molecule has 176 valence electrons. The van der Waals surface area contributed by atoms with Crippen LogP contribution >= 0.6 is 12.6 Å². The average Bonchev–Trinajstić information content (AvgIpc) is 2.75. The average molecular weight is 470 g/mol. The van der Waals surface area contributed by atoms with Gasteiger partial charge in [-0.15, -0.1) is 0 Å². The van der Waals surface area contributed by atoms with Crippen molar-refractivity contribution in [2.45, 2.75) is 37.4 Å². The van der Waals surface area contributed by atoms with E-state index in [9.17, 15) is 34.2 Å². The van der Waals surface area contributed by atoms with Gasteiger partial charge in [0.15, 0.2) is 0 Å². The van der Waals surface area contributed by atoms with E-state index in [0.29, 0.717) is 5.56 Å². The largest absolute Gasteiger partial charge is 0.508 e. The van der Waals surface area contributed by atoms with Crippen molar-refractivity contribution >= 4 is 42.2 Å². The lowest BCUT2D eigenvalue weighted by Gasteiger charge is -2.23. The molecule has 3 unspecified atom stereocenters. The van der Waals surface area contributed by atoms with Gasteiger partial charge in [-0.3, -0.25) is 19.2 Å². The number of thiol groups is 1. The number of primary amides is 1. The van der Waals surface area contributed by atoms with Crippen LogP contribution in [-0.2, 0) is 30.4 Å². The van der Waals surface area contributed by atoms with E-state index in [1.165, 1.54) is 24.3 Å². The molecule has 0 aromatic heterocycles. The first-order valence-corrected chi connectivity index (χ1v) is 10.2. The molecule has 0 aliphatic carbocycles. The van der Waals surface area contributed by atoms with Crippen LogP contribution in [-0.4, -0.2) is 70.2 Å². The molecule has 1 rings (SSSR count). The highest BCUT2D eigenvalue weighted by atomic mass is 32.1. The molecule has 3 atom stereocenters. The summed E-state index contributed by atoms with van der Waals surface area (Å²) in [6.07, 6.45) is -0.386. The fraction of sp³-hybridized carbons (Fsp3) is 0.421. The highest BCUT2D eigenvalue weighted by Gasteiger charge is 2.29. The van der Waals surface area contributed by atoms with Gasteiger partial charge in [-0.2, -0.15) is 12.6 Å². The van der Waals surface area contributed by atoms with Crippen molar-refractivity contribution in [3.05, 3.63) is 29.8 Å². The summed E-state index contributed by atoms with van der Waals surface area (Å²) in [6.45, 7) is -0.394. The number of nitrogens with two attached hydrogens (primary N) is 2. The predicted octanol–water partition coefficient (Wildman–Crippen LogP) is -2.37. The maximum Gasteiger partial charge on any atom is 0.326 e. The number of benzene rings is 1. The lowest BCUT2D eigenvalue weighted by molar-refractivity contribution is -0.142. The first kappa shape index (κ1) is 26.7. The van der Waals surface area contributed by atoms with Gasteiger partial charge in [-0.1, -0.05) is 12.1 Å². The van der Waals surface area contributed by atoms with E-state index in [4.69, 9.17) is 11.5 Å². The molecular formula is C19H27N5O7S. The third-order valence-electron chi connectivity index (χ3n) is 4.32. The molecule has 12 nitrogen and oxygen atoms in total. The topological polar surface area (TPSA) is 214 Å². The zero-order valence-corrected chi connectivity index (χ0v) is 18.0. The standard InChI is InChI=1S/C19H27N5O7S/c20-8-16(27)22-12(5-6-15(21)26)17(28)24-14(9-32)18(29)23-13(19(30)31)7-10-1-3-11(25)4-2-10/h1-4,12-14,25,32H,5-9,20H2,(H2,21,26)(H,22,27)(H,23,29)(H,24,28)(H,30,31). The number of carboxylic acid groups (broad SMARTS) is 1. The third-order valence-corrected chi connectivity index (χ3v) is 4.69. The third kappa shape index (κ3) is 9.22. The van der Waals surface area contributed by atoms with E-state index < -0.39 is 54.3 Å². The van der Waals surface area contributed by atoms with Gasteiger partial charge in [0.1, 0.15) is 23.9 Å². The van der Waals surface area contributed by atoms with Gasteiger partial charge in [0, 0.05) is 18.6 Å². The number of carbonyl (C=O) groups is 5. The van der Waals surface area contributed by atoms with Crippen LogP contribution in [0.25, 0.3) is 0 Å². The van der Waals surface area contributed by atoms with Gasteiger partial charge in [0.05, 0.1) is 6.54 Å². The number of phenols is 1. The highest BCUT2D eigenvalue weighted by molar-refractivity contribution is 7.80. The normalized spacial score (nSPS) is 13.3. The Morgan fingerprint density at radius 1 is 0.938 bits per heavy atom. The summed E-state index contributed by atoms with van der Waals surface area (Å²) in [5, 5.41) is 25.8. The Morgan fingerprint density at radius 3 is 2.00 bits per heavy atom. The maximum atomic E-state index is 12.6. The molecule has 0 bridgehead atoms. The number of aliphatic carboxylic acids is 1. The van der Waals surface area contributed by atoms with Gasteiger partial charge in [-0.25, -0.2) is 4.79 Å². The lowest BCUT2D eigenvalue weighted by atomic mass is 10.1. The van der Waals surface area contributed by atoms with Gasteiger partial charge in [0.25, 0.3) is 0 Å². The van der Waals surface area contributed by atoms with Gasteiger partial charge in [0.2, 0.25) is 23.6 Å². The quantitative estimate of drug-likeness (QED) is 0.146. The summed E-state index contributed by atoms with van der Waals surface area (Å²) >= 11 is 4.02. The van der Waals surface area contributed by atoms with Crippen LogP contribution in [0.15, 0.2) is 24.3 Å². The van der Waals surface area contributed by atoms with Gasteiger partial charge < -0.3 is 37.6 Å². The molecule has 1 aromatic carbocycles. The second-order valence-electron chi connectivity index (χ2n) is 6.84. The fourth-order valence-electron chi connectivity index (χ4n) is 2.62. The molecule has 0 heterocycles. The maximum absolute atomic E-state index is 12.6. The molecule has 0 fully saturated rings. The molecule has 32 heavy (non-hydrogen) atoms. The Hall–Kier alpha value is -3.32. The number of carboxylic acids is 1. The van der Waals surface area contributed by atoms with Crippen LogP contribution in [0.5, 0.6) is 5.75 Å². The summed E-state index contributed by atoms with van der Waals surface area (Å²) in [4.78, 5) is 59.3. The number of rotatable bonds is 13. The van der Waals surface area contributed by atoms with E-state index in [1.54, 1.807) is 0 Å². The van der Waals surface area contributed by atoms with Crippen LogP contribution in [0.1, 0.15) is 18.4 Å². The SMILES string of the molecule is NCC(=O)NC(CCC(N)=O)C(=O)NC(CS)C(=O)NC(Cc1ccc(O)cc1)C(=O)O. The van der Waals surface area contributed by atoms with Crippen molar-refractivity contribution in [3.63, 3.8) is 0 Å². The second kappa shape index (κ2) is 13.2. The molecule has 0 radical (unpaired) electrons. The molecule has 0 aliphatic heterocycles. The summed E-state index contributed by atoms with van der Waals surface area (Å²) in [5.41, 5.74) is 10.9. The van der Waals surface area contributed by atoms with E-state index in [-0.39, 0.29) is 30.8 Å². The second-order valence-corrected chi connectivity index (χ2v) is 7.21. The molecule has 13 heteroatoms. The molecule has 1 aromatic rings. The number of carbonyl (C=O) groups excluding carboxylic acids is 4. The summed E-state index contributed by atoms with van der Waals surface area (Å²) in [6, 6.07) is 2.08. The Balaban J connectivity index is 2.84. The van der Waals surface area contributed by atoms with Gasteiger partial charge in [-0.05, 0) is 24.1 Å². The number of hydrogen-bond donors (Lipinski definition) is 8. The number of amides is 4. The van der Waals surface area contributed by atoms with Crippen molar-refractivity contribution in [3.8, 4) is 5.75 Å². The molecule has 9 N–H and O–H groups in total. The number of nitrogens with one attached hydrogen (secondary N) is 3. The predicted molar refractivity (Wildman–Crippen MR) is 117 cm³/mol. The lowest BCUT2D eigenvalue weighted by Crippen LogP contribution is -2.57. The zero-order valence-electron chi connectivity index (χ0n) is 17.1. The van der Waals surface area contributed by atoms with E-state index in [0.717, 1.165) is 0 Å². The summed E-state index contributed by atoms with van der Waals surface area (Å²) in [5.74, 6) is -4.39. The minimum atomic E-state index is -1.31. The molecule has 0 aliphatic rings. The Kier molecular flexibility index (Phi) is 11.0. The zero-order chi connectivity index (χ0) is 24.3. The number of hydrogen-bond acceptors (Lipinski definition) is 8. The van der Waals surface area contributed by atoms with Crippen molar-refractivity contribution < 1.29 is 34.2 Å². The highest BCUT2D eigenvalue weighted by Crippen LogP contribution is 2.11. The van der Waals surface area contributed by atoms with E-state index >= 15 is 0 Å². The first-order chi connectivity index (χ1) is 15.1. The number of phenolic OH excluding ortho intramolecular Hbond substituents is 1. The minimum absolute atomic E-state index is 0.00938. The first-order valence-electron chi connectivity index (χ1n) is 9.57. The van der Waals surface area contributed by atoms with Crippen LogP contribution in [0.2, 0.25) is 0 Å². The molecule has 0 spiro atoms. The Labute approximate surface area is 189 Å².